The molecule has 81 heavy (non-hydrogen) atoms. The standard InChI is InChI=1S/C69H110O12/c1-4-7-10-13-16-19-22-25-28-30-31-33-35-37-40-43-46-49-52-55-61(70)77-58-60(79-62(71)56-53-50-47-44-41-38-34-27-24-21-18-15-12-9-6-3)59-78-69-67(65(74)64(73)66(81-69)68(75)76)80-63(72)57-54-51-48-45-42-39-36-32-29-26-23-20-17-14-11-8-5-2/h7-8,10-11,16-21,25-29,31,33-34,36,39,60,64-67,69,73-74H,4-6,9,12-15,22-24,30,32,35,37-38,40-59H2,1-3H3,(H,75,76)/b10-7-,11-8-,19-16-,20-17-,21-18-,28-25-,29-26-,33-31-,34-27-,39-36-. The van der Waals surface area contributed by atoms with Gasteiger partial charge < -0.3 is 39.0 Å². The number of aliphatic hydroxyl groups excluding tert-OH is 2. The molecule has 0 aliphatic carbocycles. The normalized spacial score (nSPS) is 18.6. The molecule has 0 radical (unpaired) electrons. The van der Waals surface area contributed by atoms with Crippen molar-refractivity contribution >= 4 is 23.9 Å². The number of esters is 3. The first-order chi connectivity index (χ1) is 39.6. The van der Waals surface area contributed by atoms with Crippen LogP contribution in [0.2, 0.25) is 0 Å². The van der Waals surface area contributed by atoms with Gasteiger partial charge in [-0.1, -0.05) is 213 Å². The molecule has 458 valence electrons. The van der Waals surface area contributed by atoms with E-state index in [0.717, 1.165) is 161 Å². The Morgan fingerprint density at radius 2 is 0.778 bits per heavy atom. The van der Waals surface area contributed by atoms with Gasteiger partial charge in [0.2, 0.25) is 0 Å². The lowest BCUT2D eigenvalue weighted by atomic mass is 9.98. The van der Waals surface area contributed by atoms with E-state index in [1.54, 1.807) is 0 Å². The lowest BCUT2D eigenvalue weighted by molar-refractivity contribution is -0.301. The van der Waals surface area contributed by atoms with E-state index in [4.69, 9.17) is 23.7 Å². The molecule has 0 saturated carbocycles. The molecule has 0 aromatic heterocycles. The number of carbonyl (C=O) groups excluding carboxylic acids is 3. The van der Waals surface area contributed by atoms with Gasteiger partial charge in [0.1, 0.15) is 18.8 Å². The van der Waals surface area contributed by atoms with Crippen LogP contribution in [0, 0.1) is 0 Å². The third kappa shape index (κ3) is 45.3. The second-order valence-corrected chi connectivity index (χ2v) is 20.9. The van der Waals surface area contributed by atoms with E-state index in [2.05, 4.69) is 142 Å². The van der Waals surface area contributed by atoms with E-state index in [0.29, 0.717) is 19.3 Å². The first kappa shape index (κ1) is 74.1. The molecule has 1 heterocycles. The monoisotopic (exact) mass is 1130 g/mol. The Morgan fingerprint density at radius 1 is 0.420 bits per heavy atom. The average Bonchev–Trinajstić information content (AvgIpc) is 3.53. The molecule has 0 bridgehead atoms. The van der Waals surface area contributed by atoms with Crippen LogP contribution in [0.25, 0.3) is 0 Å². The first-order valence-corrected chi connectivity index (χ1v) is 31.5. The number of carbonyl (C=O) groups is 4. The number of unbranched alkanes of at least 4 members (excludes halogenated alkanes) is 18. The fourth-order valence-corrected chi connectivity index (χ4v) is 8.73. The van der Waals surface area contributed by atoms with Crippen molar-refractivity contribution in [3.8, 4) is 0 Å². The Bertz CT molecular complexity index is 1870. The zero-order chi connectivity index (χ0) is 58.9. The van der Waals surface area contributed by atoms with Gasteiger partial charge in [0, 0.05) is 19.3 Å². The van der Waals surface area contributed by atoms with Gasteiger partial charge in [-0.15, -0.1) is 0 Å². The predicted molar refractivity (Wildman–Crippen MR) is 330 cm³/mol. The third-order valence-corrected chi connectivity index (χ3v) is 13.5. The van der Waals surface area contributed by atoms with Crippen molar-refractivity contribution in [2.75, 3.05) is 13.2 Å². The van der Waals surface area contributed by atoms with Crippen LogP contribution < -0.4 is 0 Å². The van der Waals surface area contributed by atoms with Crippen LogP contribution in [0.3, 0.4) is 0 Å². The fraction of sp³-hybridized carbons (Fsp3) is 0.652. The summed E-state index contributed by atoms with van der Waals surface area (Å²) in [5.74, 6) is -3.20. The van der Waals surface area contributed by atoms with Gasteiger partial charge >= 0.3 is 23.9 Å². The number of aliphatic hydroxyl groups is 2. The lowest BCUT2D eigenvalue weighted by Crippen LogP contribution is -2.61. The van der Waals surface area contributed by atoms with E-state index < -0.39 is 67.3 Å². The molecule has 1 fully saturated rings. The van der Waals surface area contributed by atoms with Crippen LogP contribution >= 0.6 is 0 Å². The number of carboxylic acid groups (broad SMARTS) is 1. The minimum Gasteiger partial charge on any atom is -0.479 e. The smallest absolute Gasteiger partial charge is 0.335 e. The molecule has 12 heteroatoms. The molecular formula is C69H110O12. The van der Waals surface area contributed by atoms with Crippen molar-refractivity contribution in [2.24, 2.45) is 0 Å². The van der Waals surface area contributed by atoms with Gasteiger partial charge in [0.05, 0.1) is 6.61 Å². The highest BCUT2D eigenvalue weighted by Crippen LogP contribution is 2.26. The maximum Gasteiger partial charge on any atom is 0.335 e. The van der Waals surface area contributed by atoms with E-state index in [1.165, 1.54) is 19.3 Å². The van der Waals surface area contributed by atoms with Gasteiger partial charge in [0.15, 0.2) is 24.6 Å². The Morgan fingerprint density at radius 3 is 1.19 bits per heavy atom. The van der Waals surface area contributed by atoms with Crippen LogP contribution in [0.15, 0.2) is 122 Å². The van der Waals surface area contributed by atoms with Crippen molar-refractivity contribution in [1.82, 2.24) is 0 Å². The van der Waals surface area contributed by atoms with Crippen LogP contribution in [0.4, 0.5) is 0 Å². The molecule has 1 rings (SSSR count). The Balaban J connectivity index is 2.71. The van der Waals surface area contributed by atoms with Crippen molar-refractivity contribution in [1.29, 1.82) is 0 Å². The van der Waals surface area contributed by atoms with Crippen molar-refractivity contribution in [3.05, 3.63) is 122 Å². The molecule has 1 saturated heterocycles. The molecule has 1 aliphatic heterocycles. The summed E-state index contributed by atoms with van der Waals surface area (Å²) in [6.07, 6.45) is 64.3. The van der Waals surface area contributed by atoms with E-state index in [1.807, 2.05) is 0 Å². The van der Waals surface area contributed by atoms with Crippen LogP contribution in [0.1, 0.15) is 239 Å². The van der Waals surface area contributed by atoms with E-state index >= 15 is 0 Å². The summed E-state index contributed by atoms with van der Waals surface area (Å²) < 4.78 is 28.5. The number of aliphatic carboxylic acids is 1. The Labute approximate surface area is 490 Å². The SMILES string of the molecule is CC/C=C\C/C=C\C/C=C\C/C=C\CCCCCCCCC(=O)OCC(COC1OC(C(=O)O)C(O)C(O)C1OC(=O)CCCCCC/C=C\C/C=C\C/C=C\C/C=C\CC)OC(=O)CCCCCCC/C=C\C/C=C\CCCCC. The van der Waals surface area contributed by atoms with Crippen LogP contribution in [0.5, 0.6) is 0 Å². The molecular weight excluding hydrogens is 1020 g/mol. The number of rotatable bonds is 52. The molecule has 0 aromatic carbocycles. The summed E-state index contributed by atoms with van der Waals surface area (Å²) in [6, 6.07) is 0. The molecule has 1 aliphatic rings. The Kier molecular flexibility index (Phi) is 50.9. The first-order valence-electron chi connectivity index (χ1n) is 31.5. The Hall–Kier alpha value is -4.88. The second-order valence-electron chi connectivity index (χ2n) is 20.9. The highest BCUT2D eigenvalue weighted by Gasteiger charge is 2.50. The summed E-state index contributed by atoms with van der Waals surface area (Å²) in [5, 5.41) is 31.6. The lowest BCUT2D eigenvalue weighted by Gasteiger charge is -2.40. The minimum atomic E-state index is -1.92. The van der Waals surface area contributed by atoms with Crippen molar-refractivity contribution in [3.63, 3.8) is 0 Å². The third-order valence-electron chi connectivity index (χ3n) is 13.5. The molecule has 0 aromatic rings. The quantitative estimate of drug-likeness (QED) is 0.0228. The summed E-state index contributed by atoms with van der Waals surface area (Å²) in [5.41, 5.74) is 0. The molecule has 3 N–H and O–H groups in total. The number of hydrogen-bond acceptors (Lipinski definition) is 11. The van der Waals surface area contributed by atoms with E-state index in [9.17, 15) is 34.5 Å². The summed E-state index contributed by atoms with van der Waals surface area (Å²) >= 11 is 0. The molecule has 0 spiro atoms. The molecule has 6 unspecified atom stereocenters. The highest BCUT2D eigenvalue weighted by molar-refractivity contribution is 5.74. The fourth-order valence-electron chi connectivity index (χ4n) is 8.73. The molecule has 6 atom stereocenters. The number of hydrogen-bond donors (Lipinski definition) is 3. The van der Waals surface area contributed by atoms with Crippen molar-refractivity contribution in [2.45, 2.75) is 276 Å². The molecule has 12 nitrogen and oxygen atoms in total. The zero-order valence-corrected chi connectivity index (χ0v) is 50.5. The highest BCUT2D eigenvalue weighted by atomic mass is 16.7. The van der Waals surface area contributed by atoms with Gasteiger partial charge in [0.25, 0.3) is 0 Å². The van der Waals surface area contributed by atoms with Gasteiger partial charge in [-0.2, -0.15) is 0 Å². The average molecular weight is 1130 g/mol. The number of carboxylic acids is 1. The van der Waals surface area contributed by atoms with E-state index in [-0.39, 0.29) is 25.9 Å². The summed E-state index contributed by atoms with van der Waals surface area (Å²) in [6.45, 7) is 5.71. The predicted octanol–water partition coefficient (Wildman–Crippen LogP) is 16.8. The topological polar surface area (TPSA) is 175 Å². The summed E-state index contributed by atoms with van der Waals surface area (Å²) in [4.78, 5) is 51.3. The summed E-state index contributed by atoms with van der Waals surface area (Å²) in [7, 11) is 0. The van der Waals surface area contributed by atoms with Gasteiger partial charge in [-0.25, -0.2) is 4.79 Å². The largest absolute Gasteiger partial charge is 0.479 e. The maximum atomic E-state index is 13.2. The van der Waals surface area contributed by atoms with Crippen molar-refractivity contribution < 1.29 is 58.2 Å². The molecule has 0 amide bonds. The number of ether oxygens (including phenoxy) is 5. The van der Waals surface area contributed by atoms with Crippen LogP contribution in [-0.2, 0) is 42.9 Å². The minimum absolute atomic E-state index is 0.0232. The maximum absolute atomic E-state index is 13.2. The number of allylic oxidation sites excluding steroid dienone is 20. The van der Waals surface area contributed by atoms with Gasteiger partial charge in [-0.05, 0) is 128 Å². The zero-order valence-electron chi connectivity index (χ0n) is 50.5. The van der Waals surface area contributed by atoms with Crippen LogP contribution in [-0.4, -0.2) is 89.2 Å². The van der Waals surface area contributed by atoms with Gasteiger partial charge in [-0.3, -0.25) is 14.4 Å². The second kappa shape index (κ2) is 55.6.